The number of rotatable bonds is 3. The Labute approximate surface area is 96.5 Å². The number of hydrogen-bond donors (Lipinski definition) is 1. The number of hydrogen-bond acceptors (Lipinski definition) is 3. The van der Waals surface area contributed by atoms with Gasteiger partial charge in [0.2, 0.25) is 0 Å². The zero-order valence-corrected chi connectivity index (χ0v) is 9.07. The van der Waals surface area contributed by atoms with Crippen LogP contribution in [0.3, 0.4) is 0 Å². The molecule has 2 atom stereocenters. The fourth-order valence-corrected chi connectivity index (χ4v) is 1.41. The zero-order chi connectivity index (χ0) is 13.1. The van der Waals surface area contributed by atoms with Crippen molar-refractivity contribution in [3.63, 3.8) is 0 Å². The zero-order valence-electron chi connectivity index (χ0n) is 9.07. The van der Waals surface area contributed by atoms with Gasteiger partial charge in [-0.15, -0.1) is 0 Å². The lowest BCUT2D eigenvalue weighted by molar-refractivity contribution is -0.137. The van der Waals surface area contributed by atoms with E-state index in [1.807, 2.05) is 6.07 Å². The van der Waals surface area contributed by atoms with Gasteiger partial charge in [0.25, 0.3) is 0 Å². The number of nitriles is 1. The molecule has 92 valence electrons. The third-order valence-corrected chi connectivity index (χ3v) is 2.22. The van der Waals surface area contributed by atoms with Crippen LogP contribution in [0.1, 0.15) is 30.4 Å². The van der Waals surface area contributed by atoms with Crippen molar-refractivity contribution in [2.45, 2.75) is 31.5 Å². The van der Waals surface area contributed by atoms with E-state index >= 15 is 0 Å². The van der Waals surface area contributed by atoms with Gasteiger partial charge in [-0.05, 0) is 25.0 Å². The molecule has 1 N–H and O–H groups in total. The molecule has 0 aliphatic heterocycles. The molecule has 0 radical (unpaired) electrons. The van der Waals surface area contributed by atoms with Crippen molar-refractivity contribution < 1.29 is 18.3 Å². The summed E-state index contributed by atoms with van der Waals surface area (Å²) in [6, 6.07) is 2.75. The minimum atomic E-state index is -4.48. The number of pyridine rings is 1. The van der Waals surface area contributed by atoms with Crippen molar-refractivity contribution in [1.82, 2.24) is 4.98 Å². The summed E-state index contributed by atoms with van der Waals surface area (Å²) in [6.07, 6.45) is -3.23. The first-order valence-electron chi connectivity index (χ1n) is 4.94. The summed E-state index contributed by atoms with van der Waals surface area (Å²) in [5.74, 6) is -0.787. The first kappa shape index (κ1) is 13.5. The number of alkyl halides is 3. The van der Waals surface area contributed by atoms with Gasteiger partial charge in [0, 0.05) is 12.4 Å². The molecule has 17 heavy (non-hydrogen) atoms. The van der Waals surface area contributed by atoms with E-state index in [-0.39, 0.29) is 12.0 Å². The maximum atomic E-state index is 12.4. The predicted octanol–water partition coefficient (Wildman–Crippen LogP) is 2.48. The standard InChI is InChI=1S/C11H11F3N2O/c1-7(17)2-8(4-15)9-3-10(6-16-5-9)11(12,13)14/h3,5-8,17H,2H2,1H3. The second-order valence-electron chi connectivity index (χ2n) is 3.77. The molecule has 0 aliphatic carbocycles. The van der Waals surface area contributed by atoms with E-state index in [1.165, 1.54) is 13.1 Å². The Hall–Kier alpha value is -1.61. The van der Waals surface area contributed by atoms with E-state index in [0.29, 0.717) is 6.20 Å². The predicted molar refractivity (Wildman–Crippen MR) is 53.9 cm³/mol. The smallest absolute Gasteiger partial charge is 0.393 e. The molecule has 1 aromatic rings. The second-order valence-corrected chi connectivity index (χ2v) is 3.77. The Morgan fingerprint density at radius 2 is 2.12 bits per heavy atom. The van der Waals surface area contributed by atoms with Crippen molar-refractivity contribution in [2.24, 2.45) is 0 Å². The van der Waals surface area contributed by atoms with Gasteiger partial charge in [0.15, 0.2) is 0 Å². The third-order valence-electron chi connectivity index (χ3n) is 2.22. The van der Waals surface area contributed by atoms with Gasteiger partial charge in [-0.2, -0.15) is 18.4 Å². The molecule has 0 aliphatic rings. The Balaban J connectivity index is 3.02. The topological polar surface area (TPSA) is 56.9 Å². The Kier molecular flexibility index (Phi) is 4.07. The van der Waals surface area contributed by atoms with Gasteiger partial charge >= 0.3 is 6.18 Å². The number of aromatic nitrogens is 1. The average molecular weight is 244 g/mol. The lowest BCUT2D eigenvalue weighted by Gasteiger charge is -2.13. The van der Waals surface area contributed by atoms with Crippen LogP contribution < -0.4 is 0 Å². The van der Waals surface area contributed by atoms with Gasteiger partial charge in [0.05, 0.1) is 23.7 Å². The van der Waals surface area contributed by atoms with Crippen LogP contribution in [0.4, 0.5) is 13.2 Å². The molecule has 6 heteroatoms. The Morgan fingerprint density at radius 1 is 1.47 bits per heavy atom. The molecule has 1 aromatic heterocycles. The molecule has 0 fully saturated rings. The summed E-state index contributed by atoms with van der Waals surface area (Å²) < 4.78 is 37.3. The van der Waals surface area contributed by atoms with E-state index < -0.39 is 23.8 Å². The molecule has 2 unspecified atom stereocenters. The minimum Gasteiger partial charge on any atom is -0.393 e. The molecular formula is C11H11F3N2O. The minimum absolute atomic E-state index is 0.0828. The van der Waals surface area contributed by atoms with E-state index in [4.69, 9.17) is 10.4 Å². The van der Waals surface area contributed by atoms with Gasteiger partial charge in [-0.3, -0.25) is 4.98 Å². The highest BCUT2D eigenvalue weighted by Crippen LogP contribution is 2.31. The number of aliphatic hydroxyl groups is 1. The molecule has 0 spiro atoms. The highest BCUT2D eigenvalue weighted by Gasteiger charge is 2.31. The largest absolute Gasteiger partial charge is 0.417 e. The summed E-state index contributed by atoms with van der Waals surface area (Å²) in [7, 11) is 0. The molecule has 0 saturated heterocycles. The molecule has 0 bridgehead atoms. The lowest BCUT2D eigenvalue weighted by atomic mass is 9.95. The normalized spacial score (nSPS) is 15.1. The van der Waals surface area contributed by atoms with Gasteiger partial charge in [-0.1, -0.05) is 0 Å². The lowest BCUT2D eigenvalue weighted by Crippen LogP contribution is -2.10. The van der Waals surface area contributed by atoms with Crippen LogP contribution in [0.5, 0.6) is 0 Å². The van der Waals surface area contributed by atoms with Crippen LogP contribution in [0, 0.1) is 11.3 Å². The summed E-state index contributed by atoms with van der Waals surface area (Å²) >= 11 is 0. The van der Waals surface area contributed by atoms with Crippen molar-refractivity contribution in [3.05, 3.63) is 29.6 Å². The number of nitrogens with zero attached hydrogens (tertiary/aromatic N) is 2. The van der Waals surface area contributed by atoms with E-state index in [1.54, 1.807) is 0 Å². The van der Waals surface area contributed by atoms with E-state index in [2.05, 4.69) is 4.98 Å². The fraction of sp³-hybridized carbons (Fsp3) is 0.455. The van der Waals surface area contributed by atoms with Crippen molar-refractivity contribution >= 4 is 0 Å². The molecule has 0 saturated carbocycles. The third kappa shape index (κ3) is 3.71. The summed E-state index contributed by atoms with van der Waals surface area (Å²) in [5.41, 5.74) is -0.718. The summed E-state index contributed by atoms with van der Waals surface area (Å²) in [4.78, 5) is 3.47. The van der Waals surface area contributed by atoms with Gasteiger partial charge < -0.3 is 5.11 Å². The average Bonchev–Trinajstić information content (AvgIpc) is 2.24. The maximum Gasteiger partial charge on any atom is 0.417 e. The van der Waals surface area contributed by atoms with E-state index in [9.17, 15) is 13.2 Å². The first-order valence-corrected chi connectivity index (χ1v) is 4.94. The number of halogens is 3. The molecule has 1 rings (SSSR count). The molecular weight excluding hydrogens is 233 g/mol. The van der Waals surface area contributed by atoms with Crippen LogP contribution in [0.2, 0.25) is 0 Å². The second kappa shape index (κ2) is 5.15. The fourth-order valence-electron chi connectivity index (χ4n) is 1.41. The highest BCUT2D eigenvalue weighted by molar-refractivity contribution is 5.27. The molecule has 0 aromatic carbocycles. The van der Waals surface area contributed by atoms with Gasteiger partial charge in [0.1, 0.15) is 0 Å². The van der Waals surface area contributed by atoms with Crippen LogP contribution in [-0.2, 0) is 6.18 Å². The quantitative estimate of drug-likeness (QED) is 0.888. The van der Waals surface area contributed by atoms with Crippen LogP contribution in [0.15, 0.2) is 18.5 Å². The number of aliphatic hydroxyl groups excluding tert-OH is 1. The SMILES string of the molecule is CC(O)CC(C#N)c1cncc(C(F)(F)F)c1. The molecule has 1 heterocycles. The summed E-state index contributed by atoms with van der Waals surface area (Å²) in [6.45, 7) is 1.48. The van der Waals surface area contributed by atoms with Crippen LogP contribution >= 0.6 is 0 Å². The monoisotopic (exact) mass is 244 g/mol. The maximum absolute atomic E-state index is 12.4. The van der Waals surface area contributed by atoms with Gasteiger partial charge in [-0.25, -0.2) is 0 Å². The van der Waals surface area contributed by atoms with E-state index in [0.717, 1.165) is 6.07 Å². The Morgan fingerprint density at radius 3 is 2.59 bits per heavy atom. The Bertz CT molecular complexity index is 423. The molecule has 0 amide bonds. The van der Waals surface area contributed by atoms with Crippen LogP contribution in [-0.4, -0.2) is 16.2 Å². The van der Waals surface area contributed by atoms with Crippen molar-refractivity contribution in [1.29, 1.82) is 5.26 Å². The first-order chi connectivity index (χ1) is 7.84. The van der Waals surface area contributed by atoms with Crippen molar-refractivity contribution in [3.8, 4) is 6.07 Å². The molecule has 3 nitrogen and oxygen atoms in total. The summed E-state index contributed by atoms with van der Waals surface area (Å²) in [5, 5.41) is 18.0. The van der Waals surface area contributed by atoms with Crippen molar-refractivity contribution in [2.75, 3.05) is 0 Å². The highest BCUT2D eigenvalue weighted by atomic mass is 19.4. The van der Waals surface area contributed by atoms with Crippen LogP contribution in [0.25, 0.3) is 0 Å².